The summed E-state index contributed by atoms with van der Waals surface area (Å²) in [7, 11) is 0. The summed E-state index contributed by atoms with van der Waals surface area (Å²) in [5.41, 5.74) is 0.532. The Morgan fingerprint density at radius 2 is 1.54 bits per heavy atom. The van der Waals surface area contributed by atoms with Crippen LogP contribution >= 0.6 is 12.2 Å². The molecule has 0 atom stereocenters. The van der Waals surface area contributed by atoms with Crippen molar-refractivity contribution in [3.63, 3.8) is 0 Å². The summed E-state index contributed by atoms with van der Waals surface area (Å²) < 4.78 is 13.1. The topological polar surface area (TPSA) is 41.1 Å². The molecule has 26 heavy (non-hydrogen) atoms. The predicted molar refractivity (Wildman–Crippen MR) is 112 cm³/mol. The van der Waals surface area contributed by atoms with Crippen LogP contribution in [0.3, 0.4) is 0 Å². The standard InChI is InChI=1S/C21H33FN2OS/c1-2-3-4-5-6-7-8-9-10-11-12-16-20(25)24-21(26)23-19-15-13-14-18(22)17-19/h13-15,17H,2-12,16H2,1H3,(H2,23,24,25,26). The van der Waals surface area contributed by atoms with Crippen LogP contribution in [0.15, 0.2) is 24.3 Å². The highest BCUT2D eigenvalue weighted by Crippen LogP contribution is 2.12. The van der Waals surface area contributed by atoms with Crippen molar-refractivity contribution in [3.05, 3.63) is 30.1 Å². The third-order valence-corrected chi connectivity index (χ3v) is 4.55. The summed E-state index contributed by atoms with van der Waals surface area (Å²) in [6.07, 6.45) is 14.3. The SMILES string of the molecule is CCCCCCCCCCCCCC(=O)NC(=S)Nc1cccc(F)c1. The number of halogens is 1. The van der Waals surface area contributed by atoms with Gasteiger partial charge in [-0.2, -0.15) is 0 Å². The first-order valence-corrected chi connectivity index (χ1v) is 10.4. The molecule has 0 aliphatic heterocycles. The number of carbonyl (C=O) groups excluding carboxylic acids is 1. The molecule has 0 radical (unpaired) electrons. The van der Waals surface area contributed by atoms with Crippen LogP contribution in [0.2, 0.25) is 0 Å². The smallest absolute Gasteiger partial charge is 0.226 e. The zero-order valence-electron chi connectivity index (χ0n) is 16.0. The molecule has 1 aromatic carbocycles. The average molecular weight is 381 g/mol. The van der Waals surface area contributed by atoms with E-state index in [0.717, 1.165) is 12.8 Å². The minimum absolute atomic E-state index is 0.0881. The summed E-state index contributed by atoms with van der Waals surface area (Å²) in [6.45, 7) is 2.24. The van der Waals surface area contributed by atoms with Crippen LogP contribution in [0.1, 0.15) is 84.0 Å². The number of nitrogens with one attached hydrogen (secondary N) is 2. The van der Waals surface area contributed by atoms with Crippen molar-refractivity contribution in [1.82, 2.24) is 5.32 Å². The fourth-order valence-electron chi connectivity index (χ4n) is 2.87. The molecule has 2 N–H and O–H groups in total. The fraction of sp³-hybridized carbons (Fsp3) is 0.619. The second-order valence-electron chi connectivity index (χ2n) is 6.80. The molecule has 1 amide bonds. The maximum atomic E-state index is 13.1. The van der Waals surface area contributed by atoms with Gasteiger partial charge in [-0.1, -0.05) is 77.2 Å². The molecule has 5 heteroatoms. The van der Waals surface area contributed by atoms with Gasteiger partial charge in [-0.25, -0.2) is 4.39 Å². The van der Waals surface area contributed by atoms with E-state index >= 15 is 0 Å². The number of anilines is 1. The van der Waals surface area contributed by atoms with Crippen molar-refractivity contribution in [3.8, 4) is 0 Å². The first-order chi connectivity index (χ1) is 12.6. The van der Waals surface area contributed by atoms with E-state index in [2.05, 4.69) is 17.6 Å². The minimum atomic E-state index is -0.343. The van der Waals surface area contributed by atoms with E-state index in [4.69, 9.17) is 12.2 Å². The Morgan fingerprint density at radius 3 is 2.12 bits per heavy atom. The summed E-state index contributed by atoms with van der Waals surface area (Å²) in [4.78, 5) is 11.9. The molecule has 0 bridgehead atoms. The molecule has 1 rings (SSSR count). The van der Waals surface area contributed by atoms with Gasteiger partial charge >= 0.3 is 0 Å². The van der Waals surface area contributed by atoms with Gasteiger partial charge in [0.25, 0.3) is 0 Å². The van der Waals surface area contributed by atoms with Crippen LogP contribution in [0, 0.1) is 5.82 Å². The average Bonchev–Trinajstić information content (AvgIpc) is 2.59. The van der Waals surface area contributed by atoms with Crippen molar-refractivity contribution < 1.29 is 9.18 Å². The number of thiocarbonyl (C=S) groups is 1. The van der Waals surface area contributed by atoms with E-state index in [0.29, 0.717) is 12.1 Å². The largest absolute Gasteiger partial charge is 0.332 e. The molecular formula is C21H33FN2OS. The van der Waals surface area contributed by atoms with Crippen LogP contribution < -0.4 is 10.6 Å². The Bertz CT molecular complexity index is 536. The predicted octanol–water partition coefficient (Wildman–Crippen LogP) is 6.34. The van der Waals surface area contributed by atoms with Gasteiger partial charge in [0.05, 0.1) is 0 Å². The molecule has 0 aliphatic carbocycles. The van der Waals surface area contributed by atoms with E-state index in [1.807, 2.05) is 0 Å². The number of carbonyl (C=O) groups is 1. The lowest BCUT2D eigenvalue weighted by Crippen LogP contribution is -2.33. The van der Waals surface area contributed by atoms with Crippen LogP contribution in [0.5, 0.6) is 0 Å². The van der Waals surface area contributed by atoms with E-state index in [-0.39, 0.29) is 16.8 Å². The van der Waals surface area contributed by atoms with E-state index in [1.54, 1.807) is 12.1 Å². The molecule has 3 nitrogen and oxygen atoms in total. The normalized spacial score (nSPS) is 10.5. The Labute approximate surface area is 163 Å². The maximum Gasteiger partial charge on any atom is 0.226 e. The monoisotopic (exact) mass is 380 g/mol. The van der Waals surface area contributed by atoms with E-state index in [9.17, 15) is 9.18 Å². The lowest BCUT2D eigenvalue weighted by atomic mass is 10.1. The second kappa shape index (κ2) is 14.7. The van der Waals surface area contributed by atoms with Gasteiger partial charge in [0.2, 0.25) is 5.91 Å². The van der Waals surface area contributed by atoms with Gasteiger partial charge in [0.1, 0.15) is 5.82 Å². The van der Waals surface area contributed by atoms with Crippen LogP contribution in [-0.2, 0) is 4.79 Å². The molecule has 0 aliphatic rings. The minimum Gasteiger partial charge on any atom is -0.332 e. The Morgan fingerprint density at radius 1 is 0.962 bits per heavy atom. The zero-order chi connectivity index (χ0) is 19.0. The summed E-state index contributed by atoms with van der Waals surface area (Å²) in [5, 5.41) is 5.67. The molecule has 1 aromatic rings. The quantitative estimate of drug-likeness (QED) is 0.310. The Hall–Kier alpha value is -1.49. The van der Waals surface area contributed by atoms with Crippen molar-refractivity contribution >= 4 is 28.9 Å². The zero-order valence-corrected chi connectivity index (χ0v) is 16.8. The maximum absolute atomic E-state index is 13.1. The molecular weight excluding hydrogens is 347 g/mol. The van der Waals surface area contributed by atoms with Crippen LogP contribution in [0.25, 0.3) is 0 Å². The lowest BCUT2D eigenvalue weighted by molar-refractivity contribution is -0.119. The number of hydrogen-bond donors (Lipinski definition) is 2. The number of hydrogen-bond acceptors (Lipinski definition) is 2. The highest BCUT2D eigenvalue weighted by atomic mass is 32.1. The van der Waals surface area contributed by atoms with Crippen LogP contribution in [-0.4, -0.2) is 11.0 Å². The van der Waals surface area contributed by atoms with Crippen molar-refractivity contribution in [2.24, 2.45) is 0 Å². The summed E-state index contributed by atoms with van der Waals surface area (Å²) >= 11 is 5.08. The van der Waals surface area contributed by atoms with Crippen molar-refractivity contribution in [2.45, 2.75) is 84.0 Å². The number of unbranched alkanes of at least 4 members (excludes halogenated alkanes) is 10. The first-order valence-electron chi connectivity index (χ1n) is 9.98. The van der Waals surface area contributed by atoms with Gasteiger partial charge in [-0.05, 0) is 36.8 Å². The number of rotatable bonds is 13. The van der Waals surface area contributed by atoms with Gasteiger partial charge in [0, 0.05) is 12.1 Å². The molecule has 0 saturated carbocycles. The molecule has 0 saturated heterocycles. The summed E-state index contributed by atoms with van der Waals surface area (Å²) in [6, 6.07) is 5.99. The fourth-order valence-corrected chi connectivity index (χ4v) is 3.10. The second-order valence-corrected chi connectivity index (χ2v) is 7.21. The van der Waals surface area contributed by atoms with Gasteiger partial charge in [-0.15, -0.1) is 0 Å². The molecule has 146 valence electrons. The third-order valence-electron chi connectivity index (χ3n) is 4.34. The molecule has 0 spiro atoms. The molecule has 0 unspecified atom stereocenters. The van der Waals surface area contributed by atoms with Gasteiger partial charge in [0.15, 0.2) is 5.11 Å². The Balaban J connectivity index is 1.97. The molecule has 0 aromatic heterocycles. The number of benzene rings is 1. The summed E-state index contributed by atoms with van der Waals surface area (Å²) in [5.74, 6) is -0.431. The van der Waals surface area contributed by atoms with E-state index < -0.39 is 0 Å². The van der Waals surface area contributed by atoms with Crippen LogP contribution in [0.4, 0.5) is 10.1 Å². The van der Waals surface area contributed by atoms with E-state index in [1.165, 1.54) is 69.9 Å². The van der Waals surface area contributed by atoms with Crippen molar-refractivity contribution in [2.75, 3.05) is 5.32 Å². The van der Waals surface area contributed by atoms with Gasteiger partial charge < -0.3 is 10.6 Å². The Kier molecular flexibility index (Phi) is 12.7. The number of amides is 1. The highest BCUT2D eigenvalue weighted by molar-refractivity contribution is 7.80. The molecule has 0 heterocycles. The lowest BCUT2D eigenvalue weighted by Gasteiger charge is -2.09. The van der Waals surface area contributed by atoms with Gasteiger partial charge in [-0.3, -0.25) is 4.79 Å². The third kappa shape index (κ3) is 12.0. The van der Waals surface area contributed by atoms with Crippen molar-refractivity contribution in [1.29, 1.82) is 0 Å². The highest BCUT2D eigenvalue weighted by Gasteiger charge is 2.05. The first kappa shape index (κ1) is 22.6. The molecule has 0 fully saturated rings.